The predicted molar refractivity (Wildman–Crippen MR) is 94.7 cm³/mol. The summed E-state index contributed by atoms with van der Waals surface area (Å²) in [7, 11) is 0. The molecule has 24 heavy (non-hydrogen) atoms. The lowest BCUT2D eigenvalue weighted by Gasteiger charge is -2.31. The van der Waals surface area contributed by atoms with Crippen LogP contribution in [0, 0.1) is 11.8 Å². The minimum absolute atomic E-state index is 0.114. The normalized spacial score (nSPS) is 25.8. The second kappa shape index (κ2) is 7.75. The number of carbonyl (C=O) groups is 2. The highest BCUT2D eigenvalue weighted by molar-refractivity contribution is 5.86. The van der Waals surface area contributed by atoms with Gasteiger partial charge >= 0.3 is 6.09 Å². The van der Waals surface area contributed by atoms with E-state index in [9.17, 15) is 9.59 Å². The smallest absolute Gasteiger partial charge is 0.410 e. The second-order valence-corrected chi connectivity index (χ2v) is 8.59. The van der Waals surface area contributed by atoms with Gasteiger partial charge in [-0.15, -0.1) is 0 Å². The summed E-state index contributed by atoms with van der Waals surface area (Å²) >= 11 is 0. The fraction of sp³-hybridized carbons (Fsp3) is 0.895. The Balaban J connectivity index is 1.99. The molecular weight excluding hydrogens is 304 g/mol. The van der Waals surface area contributed by atoms with Crippen LogP contribution in [0.15, 0.2) is 0 Å². The highest BCUT2D eigenvalue weighted by atomic mass is 16.6. The molecule has 0 bridgehead atoms. The molecule has 5 nitrogen and oxygen atoms in total. The SMILES string of the molecule is CC(C)C1CCCN(C(=O)C2CCCN2C(=O)OC(C)(C)C)CC1. The highest BCUT2D eigenvalue weighted by Gasteiger charge is 2.39. The molecule has 5 heteroatoms. The van der Waals surface area contributed by atoms with Gasteiger partial charge in [0.15, 0.2) is 0 Å². The summed E-state index contributed by atoms with van der Waals surface area (Å²) in [6.07, 6.45) is 4.60. The molecule has 0 aromatic carbocycles. The van der Waals surface area contributed by atoms with E-state index in [-0.39, 0.29) is 18.0 Å². The maximum Gasteiger partial charge on any atom is 0.410 e. The Labute approximate surface area is 146 Å². The minimum Gasteiger partial charge on any atom is -0.444 e. The van der Waals surface area contributed by atoms with Gasteiger partial charge in [0, 0.05) is 19.6 Å². The van der Waals surface area contributed by atoms with Crippen LogP contribution in [-0.4, -0.2) is 53.1 Å². The molecule has 2 fully saturated rings. The van der Waals surface area contributed by atoms with Crippen molar-refractivity contribution in [2.24, 2.45) is 11.8 Å². The van der Waals surface area contributed by atoms with Crippen LogP contribution >= 0.6 is 0 Å². The standard InChI is InChI=1S/C19H34N2O3/c1-14(2)15-8-6-11-20(13-10-15)17(22)16-9-7-12-21(16)18(23)24-19(3,4)5/h14-16H,6-13H2,1-5H3. The molecule has 0 aromatic rings. The first-order valence-electron chi connectivity index (χ1n) is 9.47. The Morgan fingerprint density at radius 1 is 1.00 bits per heavy atom. The molecule has 2 heterocycles. The topological polar surface area (TPSA) is 49.9 Å². The van der Waals surface area contributed by atoms with E-state index < -0.39 is 5.60 Å². The van der Waals surface area contributed by atoms with E-state index in [4.69, 9.17) is 4.74 Å². The van der Waals surface area contributed by atoms with Gasteiger partial charge in [0.1, 0.15) is 11.6 Å². The molecule has 0 N–H and O–H groups in total. The van der Waals surface area contributed by atoms with Gasteiger partial charge < -0.3 is 9.64 Å². The number of amides is 2. The number of rotatable bonds is 2. The zero-order valence-electron chi connectivity index (χ0n) is 16.0. The Morgan fingerprint density at radius 3 is 2.29 bits per heavy atom. The second-order valence-electron chi connectivity index (χ2n) is 8.59. The Morgan fingerprint density at radius 2 is 1.67 bits per heavy atom. The van der Waals surface area contributed by atoms with Crippen molar-refractivity contribution < 1.29 is 14.3 Å². The lowest BCUT2D eigenvalue weighted by molar-refractivity contribution is -0.135. The lowest BCUT2D eigenvalue weighted by atomic mass is 9.89. The summed E-state index contributed by atoms with van der Waals surface area (Å²) in [6, 6.07) is -0.338. The van der Waals surface area contributed by atoms with Crippen LogP contribution in [0.3, 0.4) is 0 Å². The monoisotopic (exact) mass is 338 g/mol. The summed E-state index contributed by atoms with van der Waals surface area (Å²) in [6.45, 7) is 12.4. The van der Waals surface area contributed by atoms with Crippen molar-refractivity contribution in [3.63, 3.8) is 0 Å². The zero-order valence-corrected chi connectivity index (χ0v) is 16.0. The molecule has 2 unspecified atom stereocenters. The van der Waals surface area contributed by atoms with Gasteiger partial charge in [-0.05, 0) is 64.7 Å². The minimum atomic E-state index is -0.527. The van der Waals surface area contributed by atoms with Crippen LogP contribution in [0.4, 0.5) is 4.79 Å². The van der Waals surface area contributed by atoms with Gasteiger partial charge in [0.25, 0.3) is 0 Å². The van der Waals surface area contributed by atoms with Crippen molar-refractivity contribution >= 4 is 12.0 Å². The van der Waals surface area contributed by atoms with Crippen molar-refractivity contribution in [3.8, 4) is 0 Å². The molecule has 138 valence electrons. The molecule has 2 amide bonds. The number of likely N-dealkylation sites (tertiary alicyclic amines) is 2. The summed E-state index contributed by atoms with van der Waals surface area (Å²) in [4.78, 5) is 29.0. The molecule has 0 aromatic heterocycles. The third-order valence-electron chi connectivity index (χ3n) is 5.19. The number of ether oxygens (including phenoxy) is 1. The number of nitrogens with zero attached hydrogens (tertiary/aromatic N) is 2. The molecule has 0 aliphatic carbocycles. The average Bonchev–Trinajstić information content (AvgIpc) is 2.82. The Hall–Kier alpha value is -1.26. The molecule has 2 atom stereocenters. The van der Waals surface area contributed by atoms with Gasteiger partial charge in [-0.2, -0.15) is 0 Å². The van der Waals surface area contributed by atoms with Crippen molar-refractivity contribution in [2.45, 2.75) is 78.4 Å². The van der Waals surface area contributed by atoms with E-state index >= 15 is 0 Å². The van der Waals surface area contributed by atoms with Gasteiger partial charge in [0.2, 0.25) is 5.91 Å². The van der Waals surface area contributed by atoms with Gasteiger partial charge in [-0.25, -0.2) is 4.79 Å². The van der Waals surface area contributed by atoms with Crippen LogP contribution in [0.2, 0.25) is 0 Å². The van der Waals surface area contributed by atoms with Crippen molar-refractivity contribution in [1.29, 1.82) is 0 Å². The van der Waals surface area contributed by atoms with E-state index in [1.807, 2.05) is 25.7 Å². The molecule has 2 rings (SSSR count). The molecule has 2 aliphatic rings. The first-order valence-corrected chi connectivity index (χ1v) is 9.47. The molecule has 0 spiro atoms. The van der Waals surface area contributed by atoms with E-state index in [0.29, 0.717) is 18.4 Å². The van der Waals surface area contributed by atoms with Crippen molar-refractivity contribution in [2.75, 3.05) is 19.6 Å². The van der Waals surface area contributed by atoms with Crippen molar-refractivity contribution in [1.82, 2.24) is 9.80 Å². The lowest BCUT2D eigenvalue weighted by Crippen LogP contribution is -2.49. The van der Waals surface area contributed by atoms with Crippen molar-refractivity contribution in [3.05, 3.63) is 0 Å². The van der Waals surface area contributed by atoms with Gasteiger partial charge in [0.05, 0.1) is 0 Å². The maximum atomic E-state index is 13.0. The molecule has 0 radical (unpaired) electrons. The third kappa shape index (κ3) is 4.87. The van der Waals surface area contributed by atoms with Crippen LogP contribution in [0.1, 0.15) is 66.7 Å². The summed E-state index contributed by atoms with van der Waals surface area (Å²) < 4.78 is 5.48. The highest BCUT2D eigenvalue weighted by Crippen LogP contribution is 2.27. The summed E-state index contributed by atoms with van der Waals surface area (Å²) in [5.74, 6) is 1.49. The molecule has 0 saturated carbocycles. The van der Waals surface area contributed by atoms with Gasteiger partial charge in [-0.3, -0.25) is 9.69 Å². The number of carbonyl (C=O) groups excluding carboxylic acids is 2. The molecular formula is C19H34N2O3. The van der Waals surface area contributed by atoms with Crippen LogP contribution in [-0.2, 0) is 9.53 Å². The quantitative estimate of drug-likeness (QED) is 0.772. The predicted octanol–water partition coefficient (Wildman–Crippen LogP) is 3.67. The van der Waals surface area contributed by atoms with Crippen LogP contribution in [0.25, 0.3) is 0 Å². The van der Waals surface area contributed by atoms with Crippen LogP contribution in [0.5, 0.6) is 0 Å². The first-order chi connectivity index (χ1) is 11.2. The maximum absolute atomic E-state index is 13.0. The fourth-order valence-electron chi connectivity index (χ4n) is 3.78. The van der Waals surface area contributed by atoms with Crippen LogP contribution < -0.4 is 0 Å². The average molecular weight is 338 g/mol. The van der Waals surface area contributed by atoms with E-state index in [2.05, 4.69) is 13.8 Å². The molecule has 2 aliphatic heterocycles. The van der Waals surface area contributed by atoms with E-state index in [1.54, 1.807) is 4.90 Å². The fourth-order valence-corrected chi connectivity index (χ4v) is 3.78. The van der Waals surface area contributed by atoms with E-state index in [0.717, 1.165) is 38.8 Å². The zero-order chi connectivity index (χ0) is 17.9. The first kappa shape index (κ1) is 19.1. The number of hydrogen-bond acceptors (Lipinski definition) is 3. The largest absolute Gasteiger partial charge is 0.444 e. The Bertz CT molecular complexity index is 456. The Kier molecular flexibility index (Phi) is 6.16. The summed E-state index contributed by atoms with van der Waals surface area (Å²) in [5.41, 5.74) is -0.527. The summed E-state index contributed by atoms with van der Waals surface area (Å²) in [5, 5.41) is 0. The van der Waals surface area contributed by atoms with E-state index in [1.165, 1.54) is 6.42 Å². The van der Waals surface area contributed by atoms with Gasteiger partial charge in [-0.1, -0.05) is 13.8 Å². The third-order valence-corrected chi connectivity index (χ3v) is 5.19. The number of hydrogen-bond donors (Lipinski definition) is 0. The molecule has 2 saturated heterocycles.